The van der Waals surface area contributed by atoms with E-state index in [0.29, 0.717) is 12.5 Å². The summed E-state index contributed by atoms with van der Waals surface area (Å²) >= 11 is 0. The Bertz CT molecular complexity index is 216. The maximum absolute atomic E-state index is 8.52. The summed E-state index contributed by atoms with van der Waals surface area (Å²) in [6.07, 6.45) is 8.21. The molecule has 0 radical (unpaired) electrons. The number of piperidine rings is 1. The quantitative estimate of drug-likeness (QED) is 0.659. The zero-order chi connectivity index (χ0) is 12.3. The molecular formula is C14H27N3. The highest BCUT2D eigenvalue weighted by molar-refractivity contribution is 4.76. The lowest BCUT2D eigenvalue weighted by Gasteiger charge is -2.30. The van der Waals surface area contributed by atoms with Gasteiger partial charge in [0.05, 0.1) is 6.07 Å². The summed E-state index contributed by atoms with van der Waals surface area (Å²) in [6, 6.07) is 2.92. The van der Waals surface area contributed by atoms with Crippen molar-refractivity contribution in [3.8, 4) is 6.07 Å². The topological polar surface area (TPSA) is 39.1 Å². The van der Waals surface area contributed by atoms with Gasteiger partial charge in [0.2, 0.25) is 0 Å². The first-order chi connectivity index (χ1) is 8.36. The van der Waals surface area contributed by atoms with Gasteiger partial charge in [-0.05, 0) is 51.7 Å². The van der Waals surface area contributed by atoms with Gasteiger partial charge in [0.15, 0.2) is 0 Å². The Balaban J connectivity index is 2.19. The van der Waals surface area contributed by atoms with Crippen molar-refractivity contribution < 1.29 is 0 Å². The highest BCUT2D eigenvalue weighted by Crippen LogP contribution is 2.09. The van der Waals surface area contributed by atoms with Crippen LogP contribution in [0.5, 0.6) is 0 Å². The first kappa shape index (κ1) is 14.5. The lowest BCUT2D eigenvalue weighted by Crippen LogP contribution is -2.44. The van der Waals surface area contributed by atoms with Crippen molar-refractivity contribution in [2.24, 2.45) is 0 Å². The third-order valence-electron chi connectivity index (χ3n) is 3.44. The molecule has 1 saturated heterocycles. The molecule has 3 nitrogen and oxygen atoms in total. The van der Waals surface area contributed by atoms with Crippen LogP contribution < -0.4 is 5.32 Å². The molecule has 3 heteroatoms. The van der Waals surface area contributed by atoms with Gasteiger partial charge in [0.1, 0.15) is 0 Å². The third kappa shape index (κ3) is 6.65. The van der Waals surface area contributed by atoms with Gasteiger partial charge in [0, 0.05) is 19.0 Å². The lowest BCUT2D eigenvalue weighted by molar-refractivity contribution is 0.221. The molecule has 0 aliphatic carbocycles. The summed E-state index contributed by atoms with van der Waals surface area (Å²) in [5.41, 5.74) is 0. The van der Waals surface area contributed by atoms with Gasteiger partial charge in [-0.15, -0.1) is 0 Å². The summed E-state index contributed by atoms with van der Waals surface area (Å²) in [5.74, 6) is 0. The second-order valence-corrected chi connectivity index (χ2v) is 5.06. The van der Waals surface area contributed by atoms with Gasteiger partial charge < -0.3 is 10.2 Å². The van der Waals surface area contributed by atoms with Crippen LogP contribution >= 0.6 is 0 Å². The fourth-order valence-corrected chi connectivity index (χ4v) is 2.54. The highest BCUT2D eigenvalue weighted by atomic mass is 15.1. The summed E-state index contributed by atoms with van der Waals surface area (Å²) in [4.78, 5) is 2.57. The maximum atomic E-state index is 8.52. The Hall–Kier alpha value is -0.590. The fraction of sp³-hybridized carbons (Fsp3) is 0.929. The molecule has 1 rings (SSSR count). The van der Waals surface area contributed by atoms with Gasteiger partial charge in [0.25, 0.3) is 0 Å². The molecular weight excluding hydrogens is 210 g/mol. The fourth-order valence-electron chi connectivity index (χ4n) is 2.54. The second-order valence-electron chi connectivity index (χ2n) is 5.06. The second kappa shape index (κ2) is 9.44. The van der Waals surface area contributed by atoms with E-state index in [2.05, 4.69) is 23.2 Å². The zero-order valence-corrected chi connectivity index (χ0v) is 11.2. The van der Waals surface area contributed by atoms with E-state index in [1.165, 1.54) is 51.7 Å². The molecule has 0 spiro atoms. The predicted molar refractivity (Wildman–Crippen MR) is 71.8 cm³/mol. The van der Waals surface area contributed by atoms with Gasteiger partial charge in [-0.3, -0.25) is 0 Å². The van der Waals surface area contributed by atoms with E-state index in [1.54, 1.807) is 0 Å². The van der Waals surface area contributed by atoms with E-state index in [-0.39, 0.29) is 0 Å². The zero-order valence-electron chi connectivity index (χ0n) is 11.2. The van der Waals surface area contributed by atoms with Crippen LogP contribution in [0.4, 0.5) is 0 Å². The number of nitrogens with one attached hydrogen (secondary N) is 1. The predicted octanol–water partition coefficient (Wildman–Crippen LogP) is 2.53. The first-order valence-electron chi connectivity index (χ1n) is 7.19. The normalized spacial score (nSPS) is 20.4. The van der Waals surface area contributed by atoms with Crippen LogP contribution in [-0.2, 0) is 0 Å². The van der Waals surface area contributed by atoms with E-state index in [0.717, 1.165) is 13.0 Å². The molecule has 17 heavy (non-hydrogen) atoms. The molecule has 1 N–H and O–H groups in total. The van der Waals surface area contributed by atoms with E-state index < -0.39 is 0 Å². The Morgan fingerprint density at radius 3 is 2.82 bits per heavy atom. The van der Waals surface area contributed by atoms with Crippen LogP contribution in [0.3, 0.4) is 0 Å². The number of nitrogens with zero attached hydrogens (tertiary/aromatic N) is 2. The Morgan fingerprint density at radius 2 is 2.18 bits per heavy atom. The van der Waals surface area contributed by atoms with Crippen molar-refractivity contribution in [3.05, 3.63) is 0 Å². The van der Waals surface area contributed by atoms with Gasteiger partial charge >= 0.3 is 0 Å². The average molecular weight is 237 g/mol. The molecule has 1 fully saturated rings. The molecule has 0 saturated carbocycles. The van der Waals surface area contributed by atoms with E-state index in [4.69, 9.17) is 5.26 Å². The highest BCUT2D eigenvalue weighted by Gasteiger charge is 2.15. The molecule has 0 amide bonds. The molecule has 0 bridgehead atoms. The minimum atomic E-state index is 0.700. The van der Waals surface area contributed by atoms with Crippen molar-refractivity contribution in [2.75, 3.05) is 26.2 Å². The Labute approximate surface area is 106 Å². The van der Waals surface area contributed by atoms with Gasteiger partial charge in [-0.2, -0.15) is 5.26 Å². The maximum Gasteiger partial charge on any atom is 0.0621 e. The Morgan fingerprint density at radius 1 is 1.29 bits per heavy atom. The van der Waals surface area contributed by atoms with Crippen molar-refractivity contribution in [3.63, 3.8) is 0 Å². The molecule has 0 aromatic carbocycles. The number of hydrogen-bond donors (Lipinski definition) is 1. The van der Waals surface area contributed by atoms with Crippen LogP contribution in [-0.4, -0.2) is 37.1 Å². The monoisotopic (exact) mass is 237 g/mol. The standard InChI is InChI=1S/C14H27N3/c1-2-11-17(12-7-3-5-9-15)13-14-8-4-6-10-16-14/h14,16H,2-8,10-13H2,1H3. The van der Waals surface area contributed by atoms with Crippen molar-refractivity contribution in [2.45, 2.75) is 57.9 Å². The molecule has 1 heterocycles. The first-order valence-corrected chi connectivity index (χ1v) is 7.19. The smallest absolute Gasteiger partial charge is 0.0621 e. The van der Waals surface area contributed by atoms with E-state index >= 15 is 0 Å². The molecule has 1 aliphatic rings. The lowest BCUT2D eigenvalue weighted by atomic mass is 10.0. The van der Waals surface area contributed by atoms with Crippen molar-refractivity contribution in [1.29, 1.82) is 5.26 Å². The summed E-state index contributed by atoms with van der Waals surface area (Å²) in [7, 11) is 0. The van der Waals surface area contributed by atoms with Crippen molar-refractivity contribution in [1.82, 2.24) is 10.2 Å². The minimum absolute atomic E-state index is 0.700. The number of rotatable bonds is 8. The summed E-state index contributed by atoms with van der Waals surface area (Å²) in [5, 5.41) is 12.1. The molecule has 1 aliphatic heterocycles. The number of unbranched alkanes of at least 4 members (excludes halogenated alkanes) is 2. The molecule has 1 unspecified atom stereocenters. The molecule has 1 atom stereocenters. The summed E-state index contributed by atoms with van der Waals surface area (Å²) < 4.78 is 0. The SMILES string of the molecule is CCCN(CCCCC#N)CC1CCCCN1. The van der Waals surface area contributed by atoms with Crippen LogP contribution in [0.15, 0.2) is 0 Å². The molecule has 0 aromatic heterocycles. The van der Waals surface area contributed by atoms with Crippen LogP contribution in [0, 0.1) is 11.3 Å². The summed E-state index contributed by atoms with van der Waals surface area (Å²) in [6.45, 7) is 6.99. The minimum Gasteiger partial charge on any atom is -0.313 e. The van der Waals surface area contributed by atoms with Crippen LogP contribution in [0.2, 0.25) is 0 Å². The van der Waals surface area contributed by atoms with Crippen LogP contribution in [0.1, 0.15) is 51.9 Å². The van der Waals surface area contributed by atoms with Gasteiger partial charge in [-0.1, -0.05) is 13.3 Å². The van der Waals surface area contributed by atoms with E-state index in [9.17, 15) is 0 Å². The van der Waals surface area contributed by atoms with Crippen LogP contribution in [0.25, 0.3) is 0 Å². The third-order valence-corrected chi connectivity index (χ3v) is 3.44. The largest absolute Gasteiger partial charge is 0.313 e. The number of hydrogen-bond acceptors (Lipinski definition) is 3. The van der Waals surface area contributed by atoms with Gasteiger partial charge in [-0.25, -0.2) is 0 Å². The van der Waals surface area contributed by atoms with Crippen molar-refractivity contribution >= 4 is 0 Å². The number of nitriles is 1. The molecule has 98 valence electrons. The van der Waals surface area contributed by atoms with E-state index in [1.807, 2.05) is 0 Å². The Kier molecular flexibility index (Phi) is 8.04. The average Bonchev–Trinajstić information content (AvgIpc) is 2.36. The molecule has 0 aromatic rings.